The smallest absolute Gasteiger partial charge is 0.260 e. The number of aliphatic hydroxyl groups is 1. The lowest BCUT2D eigenvalue weighted by molar-refractivity contribution is -0.129. The van der Waals surface area contributed by atoms with Crippen LogP contribution in [0.4, 0.5) is 0 Å². The van der Waals surface area contributed by atoms with E-state index in [1.54, 1.807) is 6.07 Å². The van der Waals surface area contributed by atoms with E-state index in [0.29, 0.717) is 31.4 Å². The van der Waals surface area contributed by atoms with E-state index in [0.717, 1.165) is 5.56 Å². The van der Waals surface area contributed by atoms with Crippen molar-refractivity contribution in [3.63, 3.8) is 0 Å². The van der Waals surface area contributed by atoms with Gasteiger partial charge in [0.25, 0.3) is 5.91 Å². The first kappa shape index (κ1) is 11.4. The number of aliphatic hydroxyl groups excluding tert-OH is 1. The summed E-state index contributed by atoms with van der Waals surface area (Å²) in [5.74, 6) is -0.0542. The van der Waals surface area contributed by atoms with Crippen LogP contribution >= 0.6 is 0 Å². The van der Waals surface area contributed by atoms with Gasteiger partial charge < -0.3 is 5.11 Å². The van der Waals surface area contributed by atoms with Crippen molar-refractivity contribution in [2.75, 3.05) is 6.54 Å². The maximum Gasteiger partial charge on any atom is 0.260 e. The fourth-order valence-electron chi connectivity index (χ4n) is 2.69. The van der Waals surface area contributed by atoms with Gasteiger partial charge >= 0.3 is 0 Å². The van der Waals surface area contributed by atoms with Gasteiger partial charge in [-0.2, -0.15) is 0 Å². The Hall–Kier alpha value is -1.68. The minimum absolute atomic E-state index is 0.125. The molecular weight excluding hydrogens is 230 g/mol. The molecule has 0 bridgehead atoms. The second-order valence-electron chi connectivity index (χ2n) is 5.13. The highest BCUT2D eigenvalue weighted by atomic mass is 16.3. The summed E-state index contributed by atoms with van der Waals surface area (Å²) in [6.07, 6.45) is 1.44. The first-order valence-corrected chi connectivity index (χ1v) is 6.26. The number of amides is 2. The minimum atomic E-state index is -0.253. The van der Waals surface area contributed by atoms with Crippen LogP contribution in [-0.4, -0.2) is 34.5 Å². The zero-order valence-corrected chi connectivity index (χ0v) is 10.0. The molecule has 1 aromatic rings. The molecule has 4 heteroatoms. The predicted molar refractivity (Wildman–Crippen MR) is 64.9 cm³/mol. The molecule has 1 saturated carbocycles. The molecule has 0 radical (unpaired) electrons. The Morgan fingerprint density at radius 2 is 1.94 bits per heavy atom. The molecule has 1 fully saturated rings. The molecule has 3 rings (SSSR count). The Balaban J connectivity index is 1.80. The number of imide groups is 1. The molecule has 18 heavy (non-hydrogen) atoms. The SMILES string of the molecule is O=C1Cc2ccccc2C(=O)N1CC1CC(O)C1. The number of rotatable bonds is 2. The average molecular weight is 245 g/mol. The van der Waals surface area contributed by atoms with Crippen molar-refractivity contribution in [2.24, 2.45) is 5.92 Å². The Morgan fingerprint density at radius 1 is 1.22 bits per heavy atom. The largest absolute Gasteiger partial charge is 0.393 e. The third-order valence-electron chi connectivity index (χ3n) is 3.79. The molecule has 0 saturated heterocycles. The van der Waals surface area contributed by atoms with Crippen LogP contribution in [0.3, 0.4) is 0 Å². The van der Waals surface area contributed by atoms with Crippen molar-refractivity contribution < 1.29 is 14.7 Å². The van der Waals surface area contributed by atoms with Gasteiger partial charge in [-0.25, -0.2) is 0 Å². The highest BCUT2D eigenvalue weighted by molar-refractivity contribution is 6.09. The number of benzene rings is 1. The molecule has 0 unspecified atom stereocenters. The number of carbonyl (C=O) groups excluding carboxylic acids is 2. The number of fused-ring (bicyclic) bond motifs is 1. The summed E-state index contributed by atoms with van der Waals surface area (Å²) in [5.41, 5.74) is 1.45. The van der Waals surface area contributed by atoms with Crippen molar-refractivity contribution >= 4 is 11.8 Å². The summed E-state index contributed by atoms with van der Waals surface area (Å²) in [4.78, 5) is 25.5. The molecule has 0 atom stereocenters. The van der Waals surface area contributed by atoms with Gasteiger partial charge in [0.15, 0.2) is 0 Å². The summed E-state index contributed by atoms with van der Waals surface area (Å²) >= 11 is 0. The van der Waals surface area contributed by atoms with Gasteiger partial charge in [-0.15, -0.1) is 0 Å². The number of hydrogen-bond acceptors (Lipinski definition) is 3. The van der Waals surface area contributed by atoms with Crippen LogP contribution in [-0.2, 0) is 11.2 Å². The molecule has 2 aliphatic rings. The van der Waals surface area contributed by atoms with Crippen molar-refractivity contribution in [2.45, 2.75) is 25.4 Å². The lowest BCUT2D eigenvalue weighted by Crippen LogP contribution is -2.47. The van der Waals surface area contributed by atoms with E-state index < -0.39 is 0 Å². The Labute approximate surface area is 105 Å². The van der Waals surface area contributed by atoms with Crippen LogP contribution in [0.2, 0.25) is 0 Å². The lowest BCUT2D eigenvalue weighted by Gasteiger charge is -2.36. The van der Waals surface area contributed by atoms with Crippen molar-refractivity contribution in [1.29, 1.82) is 0 Å². The lowest BCUT2D eigenvalue weighted by atomic mass is 9.81. The number of nitrogens with zero attached hydrogens (tertiary/aromatic N) is 1. The number of carbonyl (C=O) groups is 2. The highest BCUT2D eigenvalue weighted by Gasteiger charge is 2.36. The summed E-state index contributed by atoms with van der Waals surface area (Å²) in [6.45, 7) is 0.447. The Morgan fingerprint density at radius 3 is 2.67 bits per heavy atom. The molecule has 1 aliphatic carbocycles. The zero-order valence-electron chi connectivity index (χ0n) is 10.0. The van der Waals surface area contributed by atoms with Gasteiger partial charge in [0, 0.05) is 12.1 Å². The molecule has 1 aliphatic heterocycles. The first-order valence-electron chi connectivity index (χ1n) is 6.26. The van der Waals surface area contributed by atoms with Crippen molar-refractivity contribution in [1.82, 2.24) is 4.90 Å². The summed E-state index contributed by atoms with van der Waals surface area (Å²) < 4.78 is 0. The van der Waals surface area contributed by atoms with Crippen LogP contribution in [0.5, 0.6) is 0 Å². The highest BCUT2D eigenvalue weighted by Crippen LogP contribution is 2.30. The molecular formula is C14H15NO3. The Kier molecular flexibility index (Phi) is 2.67. The summed E-state index contributed by atoms with van der Waals surface area (Å²) in [7, 11) is 0. The van der Waals surface area contributed by atoms with Crippen LogP contribution < -0.4 is 0 Å². The van der Waals surface area contributed by atoms with Crippen LogP contribution in [0.1, 0.15) is 28.8 Å². The van der Waals surface area contributed by atoms with E-state index in [4.69, 9.17) is 0 Å². The zero-order chi connectivity index (χ0) is 12.7. The first-order chi connectivity index (χ1) is 8.65. The van der Waals surface area contributed by atoms with E-state index in [-0.39, 0.29) is 23.8 Å². The fraction of sp³-hybridized carbons (Fsp3) is 0.429. The second-order valence-corrected chi connectivity index (χ2v) is 5.13. The predicted octanol–water partition coefficient (Wildman–Crippen LogP) is 0.982. The van der Waals surface area contributed by atoms with Gasteiger partial charge in [0.05, 0.1) is 12.5 Å². The molecule has 1 N–H and O–H groups in total. The molecule has 0 aromatic heterocycles. The van der Waals surface area contributed by atoms with Gasteiger partial charge in [0.2, 0.25) is 5.91 Å². The van der Waals surface area contributed by atoms with Crippen molar-refractivity contribution in [3.05, 3.63) is 35.4 Å². The van der Waals surface area contributed by atoms with E-state index >= 15 is 0 Å². The van der Waals surface area contributed by atoms with E-state index in [2.05, 4.69) is 0 Å². The van der Waals surface area contributed by atoms with E-state index in [1.165, 1.54) is 4.90 Å². The molecule has 94 valence electrons. The second kappa shape index (κ2) is 4.21. The molecule has 0 spiro atoms. The third kappa shape index (κ3) is 1.82. The van der Waals surface area contributed by atoms with Crippen molar-refractivity contribution in [3.8, 4) is 0 Å². The van der Waals surface area contributed by atoms with Gasteiger partial charge in [0.1, 0.15) is 0 Å². The average Bonchev–Trinajstić information content (AvgIpc) is 2.32. The molecule has 2 amide bonds. The third-order valence-corrected chi connectivity index (χ3v) is 3.79. The normalized spacial score (nSPS) is 26.8. The molecule has 1 heterocycles. The van der Waals surface area contributed by atoms with Gasteiger partial charge in [-0.3, -0.25) is 14.5 Å². The Bertz CT molecular complexity index is 506. The van der Waals surface area contributed by atoms with E-state index in [9.17, 15) is 14.7 Å². The summed E-state index contributed by atoms with van der Waals surface area (Å²) in [5, 5.41) is 9.25. The van der Waals surface area contributed by atoms with E-state index in [1.807, 2.05) is 18.2 Å². The van der Waals surface area contributed by atoms with Crippen LogP contribution in [0.15, 0.2) is 24.3 Å². The number of hydrogen-bond donors (Lipinski definition) is 1. The maximum absolute atomic E-state index is 12.2. The van der Waals surface area contributed by atoms with Crippen LogP contribution in [0, 0.1) is 5.92 Å². The summed E-state index contributed by atoms with van der Waals surface area (Å²) in [6, 6.07) is 7.26. The molecule has 4 nitrogen and oxygen atoms in total. The monoisotopic (exact) mass is 245 g/mol. The minimum Gasteiger partial charge on any atom is -0.393 e. The van der Waals surface area contributed by atoms with Crippen LogP contribution in [0.25, 0.3) is 0 Å². The fourth-order valence-corrected chi connectivity index (χ4v) is 2.69. The quantitative estimate of drug-likeness (QED) is 0.790. The topological polar surface area (TPSA) is 57.6 Å². The van der Waals surface area contributed by atoms with Gasteiger partial charge in [-0.05, 0) is 30.4 Å². The van der Waals surface area contributed by atoms with Gasteiger partial charge in [-0.1, -0.05) is 18.2 Å². The maximum atomic E-state index is 12.2. The standard InChI is InChI=1S/C14H15NO3/c16-11-5-9(6-11)8-15-13(17)7-10-3-1-2-4-12(10)14(15)18/h1-4,9,11,16H,5-8H2. The molecule has 1 aromatic carbocycles.